The predicted molar refractivity (Wildman–Crippen MR) is 106 cm³/mol. The highest BCUT2D eigenvalue weighted by Gasteiger charge is 2.27. The summed E-state index contributed by atoms with van der Waals surface area (Å²) in [5.41, 5.74) is 0.937. The zero-order valence-electron chi connectivity index (χ0n) is 15.1. The molecule has 2 aromatic heterocycles. The lowest BCUT2D eigenvalue weighted by Gasteiger charge is -2.28. The van der Waals surface area contributed by atoms with Crippen molar-refractivity contribution in [3.63, 3.8) is 0 Å². The number of hydrogen-bond acceptors (Lipinski definition) is 7. The maximum absolute atomic E-state index is 5.45. The lowest BCUT2D eigenvalue weighted by atomic mass is 10.2. The van der Waals surface area contributed by atoms with Gasteiger partial charge in [0.25, 0.3) is 0 Å². The van der Waals surface area contributed by atoms with Crippen LogP contribution in [0.15, 0.2) is 51.6 Å². The number of aromatic nitrogens is 4. The molecule has 3 heterocycles. The van der Waals surface area contributed by atoms with E-state index < -0.39 is 0 Å². The Labute approximate surface area is 166 Å². The van der Waals surface area contributed by atoms with Crippen LogP contribution in [-0.4, -0.2) is 51.4 Å². The fourth-order valence-electron chi connectivity index (χ4n) is 3.49. The van der Waals surface area contributed by atoms with E-state index in [2.05, 4.69) is 53.1 Å². The highest BCUT2D eigenvalue weighted by molar-refractivity contribution is 9.10. The Morgan fingerprint density at radius 2 is 2.22 bits per heavy atom. The summed E-state index contributed by atoms with van der Waals surface area (Å²) in [6, 6.07) is 12.3. The van der Waals surface area contributed by atoms with Crippen LogP contribution in [0.25, 0.3) is 11.4 Å². The highest BCUT2D eigenvalue weighted by atomic mass is 79.9. The molecule has 0 bridgehead atoms. The van der Waals surface area contributed by atoms with Gasteiger partial charge in [-0.15, -0.1) is 5.10 Å². The average molecular weight is 429 g/mol. The van der Waals surface area contributed by atoms with Gasteiger partial charge in [-0.2, -0.15) is 10.1 Å². The van der Waals surface area contributed by atoms with E-state index in [9.17, 15) is 0 Å². The van der Waals surface area contributed by atoms with Crippen LogP contribution in [0.4, 0.5) is 5.82 Å². The SMILES string of the molecule is CN(Cc1nc(-c2cccc(Br)c2)no1)CC1CCCN1c1cccnn1. The van der Waals surface area contributed by atoms with Crippen LogP contribution in [-0.2, 0) is 6.54 Å². The lowest BCUT2D eigenvalue weighted by Crippen LogP contribution is -2.39. The molecule has 1 aliphatic rings. The van der Waals surface area contributed by atoms with Gasteiger partial charge < -0.3 is 9.42 Å². The molecule has 0 amide bonds. The molecule has 140 valence electrons. The van der Waals surface area contributed by atoms with E-state index in [1.807, 2.05) is 36.4 Å². The highest BCUT2D eigenvalue weighted by Crippen LogP contribution is 2.24. The first-order valence-electron chi connectivity index (χ1n) is 9.00. The minimum absolute atomic E-state index is 0.416. The molecule has 1 aliphatic heterocycles. The molecule has 4 rings (SSSR count). The fraction of sp³-hybridized carbons (Fsp3) is 0.368. The molecule has 0 saturated carbocycles. The maximum Gasteiger partial charge on any atom is 0.241 e. The van der Waals surface area contributed by atoms with Gasteiger partial charge >= 0.3 is 0 Å². The van der Waals surface area contributed by atoms with Crippen LogP contribution >= 0.6 is 15.9 Å². The molecule has 1 saturated heterocycles. The Hall–Kier alpha value is -2.32. The molecule has 7 nitrogen and oxygen atoms in total. The molecule has 0 N–H and O–H groups in total. The number of likely N-dealkylation sites (N-methyl/N-ethyl adjacent to an activating group) is 1. The molecule has 1 atom stereocenters. The van der Waals surface area contributed by atoms with Gasteiger partial charge in [0.1, 0.15) is 0 Å². The molecular weight excluding hydrogens is 408 g/mol. The van der Waals surface area contributed by atoms with E-state index in [4.69, 9.17) is 4.52 Å². The smallest absolute Gasteiger partial charge is 0.241 e. The van der Waals surface area contributed by atoms with Gasteiger partial charge in [-0.3, -0.25) is 4.90 Å². The lowest BCUT2D eigenvalue weighted by molar-refractivity contribution is 0.254. The van der Waals surface area contributed by atoms with Gasteiger partial charge in [-0.05, 0) is 44.2 Å². The van der Waals surface area contributed by atoms with Gasteiger partial charge in [0.2, 0.25) is 11.7 Å². The summed E-state index contributed by atoms with van der Waals surface area (Å²) in [5, 5.41) is 12.4. The Morgan fingerprint density at radius 3 is 3.04 bits per heavy atom. The van der Waals surface area contributed by atoms with E-state index >= 15 is 0 Å². The molecule has 0 radical (unpaired) electrons. The summed E-state index contributed by atoms with van der Waals surface area (Å²) in [4.78, 5) is 9.09. The summed E-state index contributed by atoms with van der Waals surface area (Å²) in [5.74, 6) is 2.18. The van der Waals surface area contributed by atoms with E-state index in [0.29, 0.717) is 24.3 Å². The van der Waals surface area contributed by atoms with Crippen LogP contribution in [0.3, 0.4) is 0 Å². The van der Waals surface area contributed by atoms with Crippen molar-refractivity contribution in [2.75, 3.05) is 25.0 Å². The van der Waals surface area contributed by atoms with E-state index in [1.54, 1.807) is 6.20 Å². The van der Waals surface area contributed by atoms with Gasteiger partial charge in [-0.1, -0.05) is 33.2 Å². The first kappa shape index (κ1) is 18.1. The Balaban J connectivity index is 1.39. The average Bonchev–Trinajstić information content (AvgIpc) is 3.32. The van der Waals surface area contributed by atoms with Crippen molar-refractivity contribution in [1.82, 2.24) is 25.2 Å². The third-order valence-electron chi connectivity index (χ3n) is 4.71. The summed E-state index contributed by atoms with van der Waals surface area (Å²) in [7, 11) is 2.08. The van der Waals surface area contributed by atoms with Crippen LogP contribution in [0, 0.1) is 0 Å². The second-order valence-corrected chi connectivity index (χ2v) is 7.71. The summed E-state index contributed by atoms with van der Waals surface area (Å²) < 4.78 is 6.45. The van der Waals surface area contributed by atoms with Crippen molar-refractivity contribution in [3.05, 3.63) is 53.0 Å². The second-order valence-electron chi connectivity index (χ2n) is 6.79. The van der Waals surface area contributed by atoms with Crippen LogP contribution < -0.4 is 4.90 Å². The van der Waals surface area contributed by atoms with Crippen LogP contribution in [0.2, 0.25) is 0 Å². The summed E-state index contributed by atoms with van der Waals surface area (Å²) >= 11 is 3.47. The number of nitrogens with zero attached hydrogens (tertiary/aromatic N) is 6. The molecule has 1 aromatic carbocycles. The number of hydrogen-bond donors (Lipinski definition) is 0. The normalized spacial score (nSPS) is 17.0. The number of halogens is 1. The Bertz CT molecular complexity index is 887. The summed E-state index contributed by atoms with van der Waals surface area (Å²) in [6.45, 7) is 2.54. The molecule has 0 aliphatic carbocycles. The quantitative estimate of drug-likeness (QED) is 0.595. The monoisotopic (exact) mass is 428 g/mol. The van der Waals surface area contributed by atoms with Gasteiger partial charge in [0.15, 0.2) is 5.82 Å². The van der Waals surface area contributed by atoms with Crippen molar-refractivity contribution >= 4 is 21.7 Å². The molecule has 8 heteroatoms. The topological polar surface area (TPSA) is 71.2 Å². The third-order valence-corrected chi connectivity index (χ3v) is 5.20. The predicted octanol–water partition coefficient (Wildman–Crippen LogP) is 3.39. The minimum atomic E-state index is 0.416. The fourth-order valence-corrected chi connectivity index (χ4v) is 3.89. The largest absolute Gasteiger partial charge is 0.351 e. The molecular formula is C19H21BrN6O. The van der Waals surface area contributed by atoms with E-state index in [-0.39, 0.29) is 0 Å². The summed E-state index contributed by atoms with van der Waals surface area (Å²) in [6.07, 6.45) is 4.02. The standard InChI is InChI=1S/C19H21BrN6O/c1-25(12-16-7-4-10-26(16)17-8-3-9-21-23-17)13-18-22-19(24-27-18)14-5-2-6-15(20)11-14/h2-3,5-6,8-9,11,16H,4,7,10,12-13H2,1H3. The first-order valence-corrected chi connectivity index (χ1v) is 9.80. The van der Waals surface area contributed by atoms with E-state index in [1.165, 1.54) is 6.42 Å². The minimum Gasteiger partial charge on any atom is -0.351 e. The zero-order valence-corrected chi connectivity index (χ0v) is 16.7. The van der Waals surface area contributed by atoms with Crippen LogP contribution in [0.5, 0.6) is 0 Å². The van der Waals surface area contributed by atoms with Crippen molar-refractivity contribution in [1.29, 1.82) is 0 Å². The van der Waals surface area contributed by atoms with E-state index in [0.717, 1.165) is 35.4 Å². The van der Waals surface area contributed by atoms with Gasteiger partial charge in [0, 0.05) is 35.4 Å². The molecule has 1 unspecified atom stereocenters. The third kappa shape index (κ3) is 4.33. The van der Waals surface area contributed by atoms with Crippen molar-refractivity contribution in [3.8, 4) is 11.4 Å². The Morgan fingerprint density at radius 1 is 1.30 bits per heavy atom. The molecule has 27 heavy (non-hydrogen) atoms. The first-order chi connectivity index (χ1) is 13.2. The molecule has 3 aromatic rings. The zero-order chi connectivity index (χ0) is 18.6. The number of benzene rings is 1. The second kappa shape index (κ2) is 8.14. The molecule has 0 spiro atoms. The van der Waals surface area contributed by atoms with Crippen molar-refractivity contribution in [2.24, 2.45) is 0 Å². The van der Waals surface area contributed by atoms with Gasteiger partial charge in [0.05, 0.1) is 6.54 Å². The number of anilines is 1. The number of rotatable bonds is 6. The Kier molecular flexibility index (Phi) is 5.45. The van der Waals surface area contributed by atoms with Crippen molar-refractivity contribution in [2.45, 2.75) is 25.4 Å². The van der Waals surface area contributed by atoms with Gasteiger partial charge in [-0.25, -0.2) is 0 Å². The van der Waals surface area contributed by atoms with Crippen LogP contribution in [0.1, 0.15) is 18.7 Å². The maximum atomic E-state index is 5.45. The van der Waals surface area contributed by atoms with Crippen molar-refractivity contribution < 1.29 is 4.52 Å². The molecule has 1 fully saturated rings.